The van der Waals surface area contributed by atoms with Gasteiger partial charge in [-0.3, -0.25) is 0 Å². The molecular formula is C13H19BrN2O2S2. The molecule has 1 aromatic carbocycles. The molecule has 1 unspecified atom stereocenters. The Balaban J connectivity index is 2.08. The molecule has 112 valence electrons. The molecule has 0 amide bonds. The molecule has 4 nitrogen and oxygen atoms in total. The standard InChI is InChI=1S/C13H19BrN2O2S2/c1-15-8-10-4-5-13(12(14)7-10)20(17,18)16-9-11-3-2-6-19-11/h4-5,7,11,15-16H,2-3,6,8-9H2,1H3. The summed E-state index contributed by atoms with van der Waals surface area (Å²) in [5, 5.41) is 3.45. The van der Waals surface area contributed by atoms with Gasteiger partial charge >= 0.3 is 0 Å². The minimum atomic E-state index is -3.44. The average molecular weight is 379 g/mol. The van der Waals surface area contributed by atoms with Crippen LogP contribution in [0.15, 0.2) is 27.6 Å². The molecule has 0 aromatic heterocycles. The molecule has 2 rings (SSSR count). The molecular weight excluding hydrogens is 360 g/mol. The van der Waals surface area contributed by atoms with Crippen LogP contribution in [-0.2, 0) is 16.6 Å². The minimum Gasteiger partial charge on any atom is -0.316 e. The van der Waals surface area contributed by atoms with E-state index < -0.39 is 10.0 Å². The van der Waals surface area contributed by atoms with Crippen molar-refractivity contribution in [1.29, 1.82) is 0 Å². The quantitative estimate of drug-likeness (QED) is 0.797. The molecule has 1 atom stereocenters. The molecule has 7 heteroatoms. The van der Waals surface area contributed by atoms with Crippen molar-refractivity contribution in [3.63, 3.8) is 0 Å². The smallest absolute Gasteiger partial charge is 0.241 e. The fraction of sp³-hybridized carbons (Fsp3) is 0.538. The van der Waals surface area contributed by atoms with E-state index in [1.807, 2.05) is 30.9 Å². The van der Waals surface area contributed by atoms with Crippen LogP contribution in [0.25, 0.3) is 0 Å². The number of halogens is 1. The first-order chi connectivity index (χ1) is 9.53. The summed E-state index contributed by atoms with van der Waals surface area (Å²) in [5.41, 5.74) is 1.05. The van der Waals surface area contributed by atoms with Gasteiger partial charge in [0, 0.05) is 22.8 Å². The molecule has 2 N–H and O–H groups in total. The first-order valence-electron chi connectivity index (χ1n) is 6.57. The van der Waals surface area contributed by atoms with Crippen LogP contribution < -0.4 is 10.0 Å². The molecule has 0 bridgehead atoms. The lowest BCUT2D eigenvalue weighted by atomic mass is 10.2. The maximum Gasteiger partial charge on any atom is 0.241 e. The minimum absolute atomic E-state index is 0.306. The lowest BCUT2D eigenvalue weighted by Gasteiger charge is -2.12. The van der Waals surface area contributed by atoms with Crippen molar-refractivity contribution in [1.82, 2.24) is 10.0 Å². The Morgan fingerprint density at radius 1 is 1.45 bits per heavy atom. The lowest BCUT2D eigenvalue weighted by molar-refractivity contribution is 0.578. The third-order valence-electron chi connectivity index (χ3n) is 3.19. The number of sulfonamides is 1. The highest BCUT2D eigenvalue weighted by molar-refractivity contribution is 9.10. The van der Waals surface area contributed by atoms with E-state index in [9.17, 15) is 8.42 Å². The van der Waals surface area contributed by atoms with E-state index in [0.29, 0.717) is 27.7 Å². The maximum atomic E-state index is 12.3. The molecule has 1 aliphatic heterocycles. The third kappa shape index (κ3) is 4.21. The molecule has 1 fully saturated rings. The number of nitrogens with one attached hydrogen (secondary N) is 2. The van der Waals surface area contributed by atoms with Gasteiger partial charge in [0.2, 0.25) is 10.0 Å². The Kier molecular flexibility index (Phi) is 5.92. The summed E-state index contributed by atoms with van der Waals surface area (Å²) in [6.07, 6.45) is 2.27. The van der Waals surface area contributed by atoms with Gasteiger partial charge in [0.25, 0.3) is 0 Å². The molecule has 1 saturated heterocycles. The van der Waals surface area contributed by atoms with E-state index in [-0.39, 0.29) is 0 Å². The Morgan fingerprint density at radius 2 is 2.25 bits per heavy atom. The van der Waals surface area contributed by atoms with Crippen molar-refractivity contribution >= 4 is 37.7 Å². The summed E-state index contributed by atoms with van der Waals surface area (Å²) in [6, 6.07) is 5.33. The van der Waals surface area contributed by atoms with E-state index in [2.05, 4.69) is 26.0 Å². The number of hydrogen-bond acceptors (Lipinski definition) is 4. The predicted molar refractivity (Wildman–Crippen MR) is 87.6 cm³/mol. The van der Waals surface area contributed by atoms with Crippen LogP contribution in [0.3, 0.4) is 0 Å². The molecule has 20 heavy (non-hydrogen) atoms. The van der Waals surface area contributed by atoms with Gasteiger partial charge in [0.05, 0.1) is 4.90 Å². The van der Waals surface area contributed by atoms with Gasteiger partial charge in [-0.2, -0.15) is 11.8 Å². The van der Waals surface area contributed by atoms with Crippen molar-refractivity contribution in [2.24, 2.45) is 0 Å². The first kappa shape index (κ1) is 16.3. The Hall–Kier alpha value is -0.0800. The zero-order valence-electron chi connectivity index (χ0n) is 11.4. The Bertz CT molecular complexity index is 557. The van der Waals surface area contributed by atoms with E-state index in [0.717, 1.165) is 17.7 Å². The zero-order chi connectivity index (χ0) is 14.6. The third-order valence-corrected chi connectivity index (χ3v) is 6.99. The number of hydrogen-bond donors (Lipinski definition) is 2. The summed E-state index contributed by atoms with van der Waals surface area (Å²) in [7, 11) is -1.58. The van der Waals surface area contributed by atoms with Crippen molar-refractivity contribution in [2.45, 2.75) is 29.5 Å². The molecule has 1 aromatic rings. The van der Waals surface area contributed by atoms with Crippen LogP contribution in [0.2, 0.25) is 0 Å². The maximum absolute atomic E-state index is 12.3. The highest BCUT2D eigenvalue weighted by Crippen LogP contribution is 2.27. The van der Waals surface area contributed by atoms with Crippen LogP contribution in [0.1, 0.15) is 18.4 Å². The van der Waals surface area contributed by atoms with Gasteiger partial charge < -0.3 is 5.32 Å². The number of thioether (sulfide) groups is 1. The Morgan fingerprint density at radius 3 is 2.85 bits per heavy atom. The monoisotopic (exact) mass is 378 g/mol. The van der Waals surface area contributed by atoms with Crippen LogP contribution in [-0.4, -0.2) is 33.0 Å². The second-order valence-electron chi connectivity index (χ2n) is 4.78. The summed E-state index contributed by atoms with van der Waals surface area (Å²) < 4.78 is 27.9. The van der Waals surface area contributed by atoms with Crippen LogP contribution in [0, 0.1) is 0 Å². The predicted octanol–water partition coefficient (Wildman–Crippen LogP) is 2.34. The van der Waals surface area contributed by atoms with Gasteiger partial charge in [-0.05, 0) is 59.3 Å². The summed E-state index contributed by atoms with van der Waals surface area (Å²) >= 11 is 5.20. The van der Waals surface area contributed by atoms with E-state index in [1.54, 1.807) is 6.07 Å². The Labute approximate surface area is 133 Å². The summed E-state index contributed by atoms with van der Waals surface area (Å²) in [5.74, 6) is 1.13. The van der Waals surface area contributed by atoms with Crippen molar-refractivity contribution in [3.8, 4) is 0 Å². The van der Waals surface area contributed by atoms with Gasteiger partial charge in [-0.25, -0.2) is 13.1 Å². The van der Waals surface area contributed by atoms with E-state index in [1.165, 1.54) is 6.42 Å². The van der Waals surface area contributed by atoms with Crippen LogP contribution in [0.4, 0.5) is 0 Å². The molecule has 1 heterocycles. The largest absolute Gasteiger partial charge is 0.316 e. The highest BCUT2D eigenvalue weighted by Gasteiger charge is 2.21. The summed E-state index contributed by atoms with van der Waals surface area (Å²) in [4.78, 5) is 0.306. The molecule has 0 saturated carbocycles. The number of rotatable bonds is 6. The van der Waals surface area contributed by atoms with Crippen LogP contribution in [0.5, 0.6) is 0 Å². The number of benzene rings is 1. The van der Waals surface area contributed by atoms with E-state index in [4.69, 9.17) is 0 Å². The van der Waals surface area contributed by atoms with E-state index >= 15 is 0 Å². The van der Waals surface area contributed by atoms with Gasteiger partial charge in [0.15, 0.2) is 0 Å². The first-order valence-corrected chi connectivity index (χ1v) is 9.90. The second kappa shape index (κ2) is 7.26. The van der Waals surface area contributed by atoms with Crippen LogP contribution >= 0.6 is 27.7 Å². The fourth-order valence-corrected chi connectivity index (χ4v) is 5.67. The lowest BCUT2D eigenvalue weighted by Crippen LogP contribution is -2.30. The van der Waals surface area contributed by atoms with Crippen molar-refractivity contribution < 1.29 is 8.42 Å². The van der Waals surface area contributed by atoms with Crippen molar-refractivity contribution in [3.05, 3.63) is 28.2 Å². The van der Waals surface area contributed by atoms with Gasteiger partial charge in [-0.15, -0.1) is 0 Å². The van der Waals surface area contributed by atoms with Gasteiger partial charge in [-0.1, -0.05) is 6.07 Å². The molecule has 0 spiro atoms. The normalized spacial score (nSPS) is 19.4. The summed E-state index contributed by atoms with van der Waals surface area (Å²) in [6.45, 7) is 1.22. The molecule has 0 radical (unpaired) electrons. The topological polar surface area (TPSA) is 58.2 Å². The zero-order valence-corrected chi connectivity index (χ0v) is 14.6. The SMILES string of the molecule is CNCc1ccc(S(=O)(=O)NCC2CCCS2)c(Br)c1. The molecule has 1 aliphatic rings. The van der Waals surface area contributed by atoms with Gasteiger partial charge in [0.1, 0.15) is 0 Å². The second-order valence-corrected chi connectivity index (χ2v) is 8.78. The fourth-order valence-electron chi connectivity index (χ4n) is 2.16. The van der Waals surface area contributed by atoms with Crippen molar-refractivity contribution in [2.75, 3.05) is 19.3 Å². The average Bonchev–Trinajstić information content (AvgIpc) is 2.90. The highest BCUT2D eigenvalue weighted by atomic mass is 79.9. The molecule has 0 aliphatic carbocycles.